The fourth-order valence-electron chi connectivity index (χ4n) is 2.48. The van der Waals surface area contributed by atoms with Crippen LogP contribution in [-0.4, -0.2) is 44.9 Å². The van der Waals surface area contributed by atoms with E-state index < -0.39 is 10.2 Å². The molecule has 1 saturated heterocycles. The highest BCUT2D eigenvalue weighted by Crippen LogP contribution is 2.20. The average molecular weight is 320 g/mol. The second-order valence-electron chi connectivity index (χ2n) is 5.46. The molecular formula is C14H28N2O4S. The van der Waals surface area contributed by atoms with E-state index in [1.54, 1.807) is 6.92 Å². The quantitative estimate of drug-likeness (QED) is 0.688. The largest absolute Gasteiger partial charge is 0.466 e. The Balaban J connectivity index is 2.46. The van der Waals surface area contributed by atoms with Gasteiger partial charge in [-0.25, -0.2) is 4.72 Å². The van der Waals surface area contributed by atoms with E-state index in [1.165, 1.54) is 4.31 Å². The van der Waals surface area contributed by atoms with Gasteiger partial charge in [-0.3, -0.25) is 4.79 Å². The van der Waals surface area contributed by atoms with Crippen molar-refractivity contribution in [3.05, 3.63) is 0 Å². The summed E-state index contributed by atoms with van der Waals surface area (Å²) in [5.41, 5.74) is 0. The molecule has 0 aromatic rings. The third-order valence-corrected chi connectivity index (χ3v) is 5.70. The molecule has 0 aliphatic carbocycles. The Morgan fingerprint density at radius 3 is 2.29 bits per heavy atom. The predicted molar refractivity (Wildman–Crippen MR) is 81.9 cm³/mol. The maximum atomic E-state index is 12.2. The van der Waals surface area contributed by atoms with E-state index in [0.717, 1.165) is 12.8 Å². The summed E-state index contributed by atoms with van der Waals surface area (Å²) in [5, 5.41) is 0. The van der Waals surface area contributed by atoms with Crippen LogP contribution < -0.4 is 4.72 Å². The third kappa shape index (κ3) is 5.56. The highest BCUT2D eigenvalue weighted by Gasteiger charge is 2.31. The molecule has 0 bridgehead atoms. The Morgan fingerprint density at radius 2 is 1.81 bits per heavy atom. The number of carbonyl (C=O) groups excluding carboxylic acids is 1. The number of nitrogens with zero attached hydrogens (tertiary/aromatic N) is 1. The lowest BCUT2D eigenvalue weighted by atomic mass is 9.98. The molecule has 7 heteroatoms. The number of hydrogen-bond acceptors (Lipinski definition) is 4. The summed E-state index contributed by atoms with van der Waals surface area (Å²) in [4.78, 5) is 11.6. The van der Waals surface area contributed by atoms with Gasteiger partial charge in [0, 0.05) is 19.6 Å². The molecule has 1 rings (SSSR count). The van der Waals surface area contributed by atoms with Crippen LogP contribution in [0.5, 0.6) is 0 Å². The molecule has 0 saturated carbocycles. The summed E-state index contributed by atoms with van der Waals surface area (Å²) in [7, 11) is -3.43. The summed E-state index contributed by atoms with van der Waals surface area (Å²) in [6, 6.07) is 0. The van der Waals surface area contributed by atoms with Crippen molar-refractivity contribution < 1.29 is 17.9 Å². The zero-order valence-electron chi connectivity index (χ0n) is 13.3. The molecule has 0 spiro atoms. The van der Waals surface area contributed by atoms with E-state index in [2.05, 4.69) is 18.6 Å². The van der Waals surface area contributed by atoms with Crippen molar-refractivity contribution in [2.75, 3.05) is 26.2 Å². The van der Waals surface area contributed by atoms with Crippen molar-refractivity contribution in [3.63, 3.8) is 0 Å². The standard InChI is InChI=1S/C14H28N2O4S/c1-4-12(5-2)11-15-21(18,19)16-9-7-13(8-10-16)14(17)20-6-3/h12-13,15H,4-11H2,1-3H3. The number of nitrogens with one attached hydrogen (secondary N) is 1. The van der Waals surface area contributed by atoms with Crippen LogP contribution >= 0.6 is 0 Å². The Morgan fingerprint density at radius 1 is 1.24 bits per heavy atom. The Hall–Kier alpha value is -0.660. The fraction of sp³-hybridized carbons (Fsp3) is 0.929. The second kappa shape index (κ2) is 8.70. The lowest BCUT2D eigenvalue weighted by Gasteiger charge is -2.30. The molecule has 1 N–H and O–H groups in total. The molecule has 1 aliphatic heterocycles. The molecule has 1 aliphatic rings. The maximum Gasteiger partial charge on any atom is 0.309 e. The Bertz CT molecular complexity index is 413. The van der Waals surface area contributed by atoms with Gasteiger partial charge >= 0.3 is 5.97 Å². The zero-order valence-corrected chi connectivity index (χ0v) is 14.1. The van der Waals surface area contributed by atoms with Crippen LogP contribution in [0.4, 0.5) is 0 Å². The molecule has 1 heterocycles. The SMILES string of the molecule is CCOC(=O)C1CCN(S(=O)(=O)NCC(CC)CC)CC1. The van der Waals surface area contributed by atoms with Crippen molar-refractivity contribution in [1.29, 1.82) is 0 Å². The number of rotatable bonds is 8. The van der Waals surface area contributed by atoms with Gasteiger partial charge < -0.3 is 4.74 Å². The summed E-state index contributed by atoms with van der Waals surface area (Å²) in [6.07, 6.45) is 2.99. The molecular weight excluding hydrogens is 292 g/mol. The van der Waals surface area contributed by atoms with Crippen LogP contribution in [0, 0.1) is 11.8 Å². The second-order valence-corrected chi connectivity index (χ2v) is 7.22. The van der Waals surface area contributed by atoms with Gasteiger partial charge in [0.1, 0.15) is 0 Å². The average Bonchev–Trinajstić information content (AvgIpc) is 2.48. The summed E-state index contributed by atoms with van der Waals surface area (Å²) < 4.78 is 33.6. The first-order valence-corrected chi connectivity index (χ1v) is 9.29. The Labute approximate surface area is 128 Å². The first-order chi connectivity index (χ1) is 9.94. The minimum absolute atomic E-state index is 0.171. The monoisotopic (exact) mass is 320 g/mol. The normalized spacial score (nSPS) is 18.1. The third-order valence-electron chi connectivity index (χ3n) is 4.12. The fourth-order valence-corrected chi connectivity index (χ4v) is 3.80. The Kier molecular flexibility index (Phi) is 7.62. The van der Waals surface area contributed by atoms with Crippen molar-refractivity contribution in [2.24, 2.45) is 11.8 Å². The van der Waals surface area contributed by atoms with Crippen LogP contribution in [0.3, 0.4) is 0 Å². The van der Waals surface area contributed by atoms with Gasteiger partial charge in [0.15, 0.2) is 0 Å². The topological polar surface area (TPSA) is 75.7 Å². The van der Waals surface area contributed by atoms with Gasteiger partial charge in [0.25, 0.3) is 10.2 Å². The smallest absolute Gasteiger partial charge is 0.309 e. The van der Waals surface area contributed by atoms with Gasteiger partial charge in [-0.15, -0.1) is 0 Å². The van der Waals surface area contributed by atoms with Crippen molar-refractivity contribution in [3.8, 4) is 0 Å². The maximum absolute atomic E-state index is 12.2. The van der Waals surface area contributed by atoms with Crippen molar-refractivity contribution in [2.45, 2.75) is 46.5 Å². The van der Waals surface area contributed by atoms with E-state index >= 15 is 0 Å². The van der Waals surface area contributed by atoms with E-state index in [4.69, 9.17) is 4.74 Å². The lowest BCUT2D eigenvalue weighted by molar-refractivity contribution is -0.149. The number of carbonyl (C=O) groups is 1. The van der Waals surface area contributed by atoms with Gasteiger partial charge in [-0.05, 0) is 25.7 Å². The molecule has 6 nitrogen and oxygen atoms in total. The molecule has 124 valence electrons. The van der Waals surface area contributed by atoms with E-state index in [1.807, 2.05) is 0 Å². The number of hydrogen-bond donors (Lipinski definition) is 1. The van der Waals surface area contributed by atoms with E-state index in [-0.39, 0.29) is 11.9 Å². The number of ether oxygens (including phenoxy) is 1. The molecule has 0 amide bonds. The minimum Gasteiger partial charge on any atom is -0.466 e. The molecule has 1 fully saturated rings. The highest BCUT2D eigenvalue weighted by atomic mass is 32.2. The predicted octanol–water partition coefficient (Wildman–Crippen LogP) is 1.53. The van der Waals surface area contributed by atoms with Crippen LogP contribution in [-0.2, 0) is 19.7 Å². The summed E-state index contributed by atoms with van der Waals surface area (Å²) >= 11 is 0. The molecule has 0 radical (unpaired) electrons. The summed E-state index contributed by atoms with van der Waals surface area (Å²) in [6.45, 7) is 7.50. The molecule has 0 unspecified atom stereocenters. The van der Waals surface area contributed by atoms with Gasteiger partial charge in [0.2, 0.25) is 0 Å². The first-order valence-electron chi connectivity index (χ1n) is 7.85. The molecule has 0 atom stereocenters. The summed E-state index contributed by atoms with van der Waals surface area (Å²) in [5.74, 6) is -0.00758. The van der Waals surface area contributed by atoms with Crippen molar-refractivity contribution >= 4 is 16.2 Å². The van der Waals surface area contributed by atoms with Crippen molar-refractivity contribution in [1.82, 2.24) is 9.03 Å². The molecule has 0 aromatic carbocycles. The van der Waals surface area contributed by atoms with E-state index in [0.29, 0.717) is 45.0 Å². The molecule has 0 aromatic heterocycles. The van der Waals surface area contributed by atoms with Gasteiger partial charge in [-0.1, -0.05) is 26.7 Å². The molecule has 21 heavy (non-hydrogen) atoms. The van der Waals surface area contributed by atoms with Crippen LogP contribution in [0.2, 0.25) is 0 Å². The highest BCUT2D eigenvalue weighted by molar-refractivity contribution is 7.87. The zero-order chi connectivity index (χ0) is 15.9. The number of esters is 1. The lowest BCUT2D eigenvalue weighted by Crippen LogP contribution is -2.47. The first kappa shape index (κ1) is 18.4. The number of piperidine rings is 1. The van der Waals surface area contributed by atoms with Gasteiger partial charge in [-0.2, -0.15) is 12.7 Å². The van der Waals surface area contributed by atoms with Crippen LogP contribution in [0.1, 0.15) is 46.5 Å². The van der Waals surface area contributed by atoms with Gasteiger partial charge in [0.05, 0.1) is 12.5 Å². The minimum atomic E-state index is -3.43. The van der Waals surface area contributed by atoms with E-state index in [9.17, 15) is 13.2 Å². The van der Waals surface area contributed by atoms with Crippen LogP contribution in [0.25, 0.3) is 0 Å². The van der Waals surface area contributed by atoms with Crippen LogP contribution in [0.15, 0.2) is 0 Å².